The van der Waals surface area contributed by atoms with Gasteiger partial charge in [-0.3, -0.25) is 9.36 Å². The number of para-hydroxylation sites is 3. The number of fused-ring (bicyclic) bond motifs is 1. The smallest absolute Gasteiger partial charge is 0.230 e. The molecule has 3 aromatic rings. The van der Waals surface area contributed by atoms with Crippen LogP contribution in [0.4, 0.5) is 0 Å². The summed E-state index contributed by atoms with van der Waals surface area (Å²) in [4.78, 5) is 16.5. The molecule has 5 nitrogen and oxygen atoms in total. The Morgan fingerprint density at radius 2 is 1.92 bits per heavy atom. The molecular formula is C18H16N4OS. The highest BCUT2D eigenvalue weighted by molar-refractivity contribution is 7.99. The molecular weight excluding hydrogens is 320 g/mol. The van der Waals surface area contributed by atoms with Crippen molar-refractivity contribution in [1.82, 2.24) is 14.9 Å². The molecule has 1 amide bonds. The molecule has 0 aliphatic carbocycles. The van der Waals surface area contributed by atoms with Crippen LogP contribution in [-0.2, 0) is 4.79 Å². The molecule has 0 fully saturated rings. The van der Waals surface area contributed by atoms with E-state index in [1.165, 1.54) is 11.8 Å². The Morgan fingerprint density at radius 1 is 1.17 bits per heavy atom. The molecule has 0 aliphatic heterocycles. The van der Waals surface area contributed by atoms with Crippen LogP contribution >= 0.6 is 11.8 Å². The van der Waals surface area contributed by atoms with E-state index in [4.69, 9.17) is 5.26 Å². The number of hydrogen-bond donors (Lipinski definition) is 1. The summed E-state index contributed by atoms with van der Waals surface area (Å²) in [5.74, 6) is 0.170. The molecule has 0 atom stereocenters. The van der Waals surface area contributed by atoms with Crippen molar-refractivity contribution in [3.8, 4) is 11.8 Å². The minimum absolute atomic E-state index is 0.0954. The maximum atomic E-state index is 11.9. The SMILES string of the molecule is N#CCCNC(=O)CSc1nc2ccccc2n1-c1ccccc1. The molecule has 0 unspecified atom stereocenters. The van der Waals surface area contributed by atoms with E-state index in [1.807, 2.05) is 60.7 Å². The Bertz CT molecular complexity index is 883. The Labute approximate surface area is 144 Å². The van der Waals surface area contributed by atoms with E-state index in [2.05, 4.69) is 14.9 Å². The molecule has 2 aromatic carbocycles. The molecule has 0 bridgehead atoms. The second kappa shape index (κ2) is 7.66. The van der Waals surface area contributed by atoms with Gasteiger partial charge in [-0.25, -0.2) is 4.98 Å². The van der Waals surface area contributed by atoms with Crippen molar-refractivity contribution in [3.05, 3.63) is 54.6 Å². The molecule has 1 aromatic heterocycles. The van der Waals surface area contributed by atoms with Crippen LogP contribution in [0.15, 0.2) is 59.8 Å². The fourth-order valence-corrected chi connectivity index (χ4v) is 3.22. The monoisotopic (exact) mass is 336 g/mol. The van der Waals surface area contributed by atoms with E-state index in [1.54, 1.807) is 0 Å². The Hall–Kier alpha value is -2.78. The van der Waals surface area contributed by atoms with E-state index in [9.17, 15) is 4.79 Å². The van der Waals surface area contributed by atoms with Gasteiger partial charge in [-0.2, -0.15) is 5.26 Å². The van der Waals surface area contributed by atoms with E-state index < -0.39 is 0 Å². The molecule has 0 radical (unpaired) electrons. The van der Waals surface area contributed by atoms with Gasteiger partial charge in [-0.1, -0.05) is 42.1 Å². The van der Waals surface area contributed by atoms with Gasteiger partial charge in [0.1, 0.15) is 0 Å². The van der Waals surface area contributed by atoms with Gasteiger partial charge in [0.2, 0.25) is 5.91 Å². The predicted molar refractivity (Wildman–Crippen MR) is 95.0 cm³/mol. The summed E-state index contributed by atoms with van der Waals surface area (Å²) >= 11 is 1.39. The van der Waals surface area contributed by atoms with Crippen LogP contribution in [0.3, 0.4) is 0 Å². The molecule has 1 heterocycles. The number of hydrogen-bond acceptors (Lipinski definition) is 4. The average molecular weight is 336 g/mol. The summed E-state index contributed by atoms with van der Waals surface area (Å²) in [5, 5.41) is 12.0. The molecule has 120 valence electrons. The second-order valence-electron chi connectivity index (χ2n) is 5.10. The van der Waals surface area contributed by atoms with Crippen LogP contribution in [-0.4, -0.2) is 27.8 Å². The van der Waals surface area contributed by atoms with Crippen molar-refractivity contribution in [3.63, 3.8) is 0 Å². The third-order valence-electron chi connectivity index (χ3n) is 3.44. The fraction of sp³-hybridized carbons (Fsp3) is 0.167. The minimum atomic E-state index is -0.0954. The Morgan fingerprint density at radius 3 is 2.71 bits per heavy atom. The molecule has 0 saturated heterocycles. The van der Waals surface area contributed by atoms with Gasteiger partial charge in [-0.05, 0) is 24.3 Å². The molecule has 24 heavy (non-hydrogen) atoms. The van der Waals surface area contributed by atoms with Crippen molar-refractivity contribution in [2.24, 2.45) is 0 Å². The van der Waals surface area contributed by atoms with Crippen molar-refractivity contribution < 1.29 is 4.79 Å². The summed E-state index contributed by atoms with van der Waals surface area (Å²) in [6, 6.07) is 19.9. The average Bonchev–Trinajstić information content (AvgIpc) is 2.99. The topological polar surface area (TPSA) is 70.7 Å². The summed E-state index contributed by atoms with van der Waals surface area (Å²) < 4.78 is 2.06. The van der Waals surface area contributed by atoms with Crippen molar-refractivity contribution in [2.75, 3.05) is 12.3 Å². The Kier molecular flexibility index (Phi) is 5.14. The highest BCUT2D eigenvalue weighted by atomic mass is 32.2. The van der Waals surface area contributed by atoms with Gasteiger partial charge in [0, 0.05) is 12.2 Å². The number of nitrogens with one attached hydrogen (secondary N) is 1. The van der Waals surface area contributed by atoms with Gasteiger partial charge >= 0.3 is 0 Å². The Balaban J connectivity index is 1.85. The number of imidazole rings is 1. The number of benzene rings is 2. The summed E-state index contributed by atoms with van der Waals surface area (Å²) in [6.07, 6.45) is 0.318. The van der Waals surface area contributed by atoms with Crippen LogP contribution in [0.2, 0.25) is 0 Å². The fourth-order valence-electron chi connectivity index (χ4n) is 2.37. The summed E-state index contributed by atoms with van der Waals surface area (Å²) in [7, 11) is 0. The quantitative estimate of drug-likeness (QED) is 0.554. The van der Waals surface area contributed by atoms with Crippen molar-refractivity contribution in [1.29, 1.82) is 5.26 Å². The molecule has 0 aliphatic rings. The van der Waals surface area contributed by atoms with Gasteiger partial charge < -0.3 is 5.32 Å². The van der Waals surface area contributed by atoms with E-state index >= 15 is 0 Å². The lowest BCUT2D eigenvalue weighted by atomic mass is 10.3. The van der Waals surface area contributed by atoms with E-state index in [0.717, 1.165) is 21.9 Å². The van der Waals surface area contributed by atoms with Gasteiger partial charge in [0.15, 0.2) is 5.16 Å². The van der Waals surface area contributed by atoms with E-state index in [0.29, 0.717) is 13.0 Å². The number of nitriles is 1. The number of carbonyl (C=O) groups is 1. The largest absolute Gasteiger partial charge is 0.354 e. The first-order valence-electron chi connectivity index (χ1n) is 7.59. The third kappa shape index (κ3) is 3.58. The first kappa shape index (κ1) is 16.1. The number of nitrogens with zero attached hydrogens (tertiary/aromatic N) is 3. The predicted octanol–water partition coefficient (Wildman–Crippen LogP) is 3.15. The summed E-state index contributed by atoms with van der Waals surface area (Å²) in [6.45, 7) is 0.380. The van der Waals surface area contributed by atoms with Gasteiger partial charge in [0.05, 0.1) is 29.3 Å². The first-order chi connectivity index (χ1) is 11.8. The van der Waals surface area contributed by atoms with Crippen LogP contribution < -0.4 is 5.32 Å². The zero-order chi connectivity index (χ0) is 16.8. The number of rotatable bonds is 6. The van der Waals surface area contributed by atoms with Crippen LogP contribution in [0.5, 0.6) is 0 Å². The number of aromatic nitrogens is 2. The van der Waals surface area contributed by atoms with Gasteiger partial charge in [-0.15, -0.1) is 0 Å². The second-order valence-corrected chi connectivity index (χ2v) is 6.04. The lowest BCUT2D eigenvalue weighted by Crippen LogP contribution is -2.26. The molecule has 3 rings (SSSR count). The zero-order valence-corrected chi connectivity index (χ0v) is 13.8. The van der Waals surface area contributed by atoms with Crippen LogP contribution in [0.25, 0.3) is 16.7 Å². The molecule has 0 saturated carbocycles. The zero-order valence-electron chi connectivity index (χ0n) is 13.0. The minimum Gasteiger partial charge on any atom is -0.354 e. The lowest BCUT2D eigenvalue weighted by Gasteiger charge is -2.08. The first-order valence-corrected chi connectivity index (χ1v) is 8.57. The number of amides is 1. The highest BCUT2D eigenvalue weighted by Crippen LogP contribution is 2.27. The van der Waals surface area contributed by atoms with Crippen LogP contribution in [0.1, 0.15) is 6.42 Å². The lowest BCUT2D eigenvalue weighted by molar-refractivity contribution is -0.118. The highest BCUT2D eigenvalue weighted by Gasteiger charge is 2.14. The standard InChI is InChI=1S/C18H16N4OS/c19-11-6-12-20-17(23)13-24-18-21-15-9-4-5-10-16(15)22(18)14-7-2-1-3-8-14/h1-5,7-10H,6,12-13H2,(H,20,23). The number of carbonyl (C=O) groups excluding carboxylic acids is 1. The molecule has 6 heteroatoms. The number of thioether (sulfide) groups is 1. The molecule has 1 N–H and O–H groups in total. The molecule has 0 spiro atoms. The van der Waals surface area contributed by atoms with Crippen LogP contribution in [0, 0.1) is 11.3 Å². The van der Waals surface area contributed by atoms with Crippen molar-refractivity contribution in [2.45, 2.75) is 11.6 Å². The maximum Gasteiger partial charge on any atom is 0.230 e. The third-order valence-corrected chi connectivity index (χ3v) is 4.37. The van der Waals surface area contributed by atoms with E-state index in [-0.39, 0.29) is 11.7 Å². The van der Waals surface area contributed by atoms with Crippen molar-refractivity contribution >= 4 is 28.7 Å². The van der Waals surface area contributed by atoms with Gasteiger partial charge in [0.25, 0.3) is 0 Å². The maximum absolute atomic E-state index is 11.9. The normalized spacial score (nSPS) is 10.5. The summed E-state index contributed by atoms with van der Waals surface area (Å²) in [5.41, 5.74) is 2.92.